The van der Waals surface area contributed by atoms with E-state index in [1.807, 2.05) is 11.4 Å². The molecule has 0 N–H and O–H groups in total. The van der Waals surface area contributed by atoms with Crippen LogP contribution in [0.25, 0.3) is 16.3 Å². The smallest absolute Gasteiger partial charge is 0.153 e. The normalized spacial score (nSPS) is 10.8. The van der Waals surface area contributed by atoms with E-state index in [2.05, 4.69) is 21.0 Å². The maximum atomic E-state index is 13.5. The zero-order valence-electron chi connectivity index (χ0n) is 10.4. The predicted octanol–water partition coefficient (Wildman–Crippen LogP) is 4.97. The van der Waals surface area contributed by atoms with Crippen LogP contribution in [0.2, 0.25) is 5.02 Å². The lowest BCUT2D eigenvalue weighted by molar-refractivity contribution is 0.112. The molecule has 7 heteroatoms. The maximum absolute atomic E-state index is 13.5. The third-order valence-corrected chi connectivity index (χ3v) is 4.84. The Morgan fingerprint density at radius 2 is 2.19 bits per heavy atom. The van der Waals surface area contributed by atoms with Crippen molar-refractivity contribution in [3.63, 3.8) is 0 Å². The summed E-state index contributed by atoms with van der Waals surface area (Å²) in [6, 6.07) is 6.25. The fraction of sp³-hybridized carbons (Fsp3) is 0. The SMILES string of the molecule is O=Cc1cn(-c2ccc(Cl)c(F)c2)nc1-c1cc(Br)cs1. The molecule has 0 amide bonds. The molecule has 0 aliphatic rings. The van der Waals surface area contributed by atoms with Gasteiger partial charge >= 0.3 is 0 Å². The second kappa shape index (κ2) is 5.71. The monoisotopic (exact) mass is 384 g/mol. The van der Waals surface area contributed by atoms with Gasteiger partial charge in [-0.05, 0) is 34.1 Å². The molecule has 0 aliphatic heterocycles. The summed E-state index contributed by atoms with van der Waals surface area (Å²) in [5.41, 5.74) is 1.51. The quantitative estimate of drug-likeness (QED) is 0.597. The van der Waals surface area contributed by atoms with Gasteiger partial charge in [0.2, 0.25) is 0 Å². The number of hydrogen-bond donors (Lipinski definition) is 0. The van der Waals surface area contributed by atoms with Crippen molar-refractivity contribution in [2.75, 3.05) is 0 Å². The standard InChI is InChI=1S/C14H7BrClFN2OS/c15-9-3-13(21-7-9)14-8(6-20)5-19(18-14)10-1-2-11(16)12(17)4-10/h1-7H. The summed E-state index contributed by atoms with van der Waals surface area (Å²) in [7, 11) is 0. The van der Waals surface area contributed by atoms with Crippen LogP contribution in [0.5, 0.6) is 0 Å². The average molecular weight is 386 g/mol. The highest BCUT2D eigenvalue weighted by Crippen LogP contribution is 2.31. The first kappa shape index (κ1) is 14.4. The molecule has 2 aromatic heterocycles. The van der Waals surface area contributed by atoms with Crippen LogP contribution in [0.3, 0.4) is 0 Å². The van der Waals surface area contributed by atoms with Crippen LogP contribution in [0.15, 0.2) is 40.3 Å². The van der Waals surface area contributed by atoms with Gasteiger partial charge in [-0.15, -0.1) is 11.3 Å². The Balaban J connectivity index is 2.10. The molecule has 1 aromatic carbocycles. The summed E-state index contributed by atoms with van der Waals surface area (Å²) >= 11 is 10.5. The summed E-state index contributed by atoms with van der Waals surface area (Å²) in [5, 5.41) is 6.32. The molecule has 3 rings (SSSR count). The van der Waals surface area contributed by atoms with Crippen molar-refractivity contribution in [3.8, 4) is 16.3 Å². The first-order valence-corrected chi connectivity index (χ1v) is 7.88. The Morgan fingerprint density at radius 1 is 1.38 bits per heavy atom. The van der Waals surface area contributed by atoms with Gasteiger partial charge < -0.3 is 0 Å². The van der Waals surface area contributed by atoms with E-state index in [0.29, 0.717) is 16.9 Å². The number of aromatic nitrogens is 2. The van der Waals surface area contributed by atoms with Gasteiger partial charge in [0, 0.05) is 22.1 Å². The van der Waals surface area contributed by atoms with Crippen LogP contribution in [-0.4, -0.2) is 16.1 Å². The second-order valence-electron chi connectivity index (χ2n) is 4.22. The van der Waals surface area contributed by atoms with E-state index in [1.54, 1.807) is 12.3 Å². The average Bonchev–Trinajstić information content (AvgIpc) is 3.07. The van der Waals surface area contributed by atoms with Crippen LogP contribution in [0, 0.1) is 5.82 Å². The molecule has 0 spiro atoms. The molecule has 106 valence electrons. The Morgan fingerprint density at radius 3 is 2.81 bits per heavy atom. The zero-order valence-corrected chi connectivity index (χ0v) is 13.5. The van der Waals surface area contributed by atoms with Crippen molar-refractivity contribution >= 4 is 45.2 Å². The molecule has 3 aromatic rings. The van der Waals surface area contributed by atoms with Crippen LogP contribution in [0.1, 0.15) is 10.4 Å². The van der Waals surface area contributed by atoms with E-state index in [-0.39, 0.29) is 5.02 Å². The van der Waals surface area contributed by atoms with Crippen molar-refractivity contribution in [1.29, 1.82) is 0 Å². The van der Waals surface area contributed by atoms with Crippen LogP contribution >= 0.6 is 38.9 Å². The van der Waals surface area contributed by atoms with Crippen LogP contribution in [0.4, 0.5) is 4.39 Å². The van der Waals surface area contributed by atoms with Gasteiger partial charge in [0.25, 0.3) is 0 Å². The van der Waals surface area contributed by atoms with E-state index in [4.69, 9.17) is 11.6 Å². The largest absolute Gasteiger partial charge is 0.298 e. The number of rotatable bonds is 3. The lowest BCUT2D eigenvalue weighted by atomic mass is 10.2. The molecule has 0 bridgehead atoms. The number of aldehydes is 1. The molecule has 0 radical (unpaired) electrons. The van der Waals surface area contributed by atoms with Gasteiger partial charge in [-0.1, -0.05) is 11.6 Å². The number of carbonyl (C=O) groups excluding carboxylic acids is 1. The van der Waals surface area contributed by atoms with E-state index in [0.717, 1.165) is 15.6 Å². The molecular weight excluding hydrogens is 379 g/mol. The summed E-state index contributed by atoms with van der Waals surface area (Å²) in [4.78, 5) is 12.1. The van der Waals surface area contributed by atoms with Gasteiger partial charge in [0.05, 0.1) is 21.2 Å². The van der Waals surface area contributed by atoms with E-state index in [9.17, 15) is 9.18 Å². The van der Waals surface area contributed by atoms with Gasteiger partial charge in [-0.3, -0.25) is 4.79 Å². The molecule has 0 fully saturated rings. The third-order valence-electron chi connectivity index (χ3n) is 2.84. The molecule has 21 heavy (non-hydrogen) atoms. The van der Waals surface area contributed by atoms with E-state index < -0.39 is 5.82 Å². The molecule has 0 saturated carbocycles. The van der Waals surface area contributed by atoms with Crippen molar-refractivity contribution < 1.29 is 9.18 Å². The molecule has 0 unspecified atom stereocenters. The Labute approximate surface area is 137 Å². The third kappa shape index (κ3) is 2.79. The number of benzene rings is 1. The minimum absolute atomic E-state index is 0.0453. The summed E-state index contributed by atoms with van der Waals surface area (Å²) < 4.78 is 15.9. The lowest BCUT2D eigenvalue weighted by Crippen LogP contribution is -1.95. The number of carbonyl (C=O) groups is 1. The van der Waals surface area contributed by atoms with Gasteiger partial charge in [0.1, 0.15) is 11.5 Å². The number of thiophene rings is 1. The molecule has 0 atom stereocenters. The van der Waals surface area contributed by atoms with Gasteiger partial charge in [-0.25, -0.2) is 9.07 Å². The minimum atomic E-state index is -0.530. The Kier molecular flexibility index (Phi) is 3.93. The van der Waals surface area contributed by atoms with Gasteiger partial charge in [0.15, 0.2) is 6.29 Å². The molecule has 2 heterocycles. The number of halogens is 3. The van der Waals surface area contributed by atoms with Crippen molar-refractivity contribution in [1.82, 2.24) is 9.78 Å². The highest BCUT2D eigenvalue weighted by Gasteiger charge is 2.14. The van der Waals surface area contributed by atoms with Crippen LogP contribution < -0.4 is 0 Å². The fourth-order valence-electron chi connectivity index (χ4n) is 1.86. The Hall–Kier alpha value is -1.50. The molecular formula is C14H7BrClFN2OS. The second-order valence-corrected chi connectivity index (χ2v) is 6.46. The summed E-state index contributed by atoms with van der Waals surface area (Å²) in [6.07, 6.45) is 2.30. The summed E-state index contributed by atoms with van der Waals surface area (Å²) in [6.45, 7) is 0. The highest BCUT2D eigenvalue weighted by molar-refractivity contribution is 9.10. The van der Waals surface area contributed by atoms with Crippen molar-refractivity contribution in [3.05, 3.63) is 56.7 Å². The zero-order chi connectivity index (χ0) is 15.0. The van der Waals surface area contributed by atoms with Crippen molar-refractivity contribution in [2.24, 2.45) is 0 Å². The van der Waals surface area contributed by atoms with E-state index >= 15 is 0 Å². The molecule has 3 nitrogen and oxygen atoms in total. The van der Waals surface area contributed by atoms with Crippen molar-refractivity contribution in [2.45, 2.75) is 0 Å². The predicted molar refractivity (Wildman–Crippen MR) is 84.9 cm³/mol. The maximum Gasteiger partial charge on any atom is 0.153 e. The topological polar surface area (TPSA) is 34.9 Å². The number of hydrogen-bond acceptors (Lipinski definition) is 3. The lowest BCUT2D eigenvalue weighted by Gasteiger charge is -2.02. The highest BCUT2D eigenvalue weighted by atomic mass is 79.9. The Bertz CT molecular complexity index is 830. The van der Waals surface area contributed by atoms with Gasteiger partial charge in [-0.2, -0.15) is 5.10 Å². The molecule has 0 aliphatic carbocycles. The van der Waals surface area contributed by atoms with E-state index in [1.165, 1.54) is 28.2 Å². The fourth-order valence-corrected chi connectivity index (χ4v) is 3.41. The molecule has 0 saturated heterocycles. The summed E-state index contributed by atoms with van der Waals surface area (Å²) in [5.74, 6) is -0.530. The minimum Gasteiger partial charge on any atom is -0.298 e. The first-order chi connectivity index (χ1) is 10.1. The number of nitrogens with zero attached hydrogens (tertiary/aromatic N) is 2. The van der Waals surface area contributed by atoms with Crippen LogP contribution in [-0.2, 0) is 0 Å². The first-order valence-electron chi connectivity index (χ1n) is 5.83.